The number of hydrogen-bond acceptors (Lipinski definition) is 6. The molecule has 2 aromatic rings. The molecule has 6 nitrogen and oxygen atoms in total. The molecule has 1 aliphatic carbocycles. The first-order valence-corrected chi connectivity index (χ1v) is 9.88. The molecular weight excluding hydrogens is 378 g/mol. The Kier molecular flexibility index (Phi) is 3.87. The van der Waals surface area contributed by atoms with E-state index in [-0.39, 0.29) is 18.0 Å². The highest BCUT2D eigenvalue weighted by Crippen LogP contribution is 2.57. The largest absolute Gasteiger partial charge is 0.487 e. The highest BCUT2D eigenvalue weighted by Gasteiger charge is 2.60. The minimum atomic E-state index is -0.671. The highest BCUT2D eigenvalue weighted by molar-refractivity contribution is 6.30. The molecule has 0 radical (unpaired) electrons. The van der Waals surface area contributed by atoms with Crippen molar-refractivity contribution in [1.29, 1.82) is 0 Å². The van der Waals surface area contributed by atoms with Gasteiger partial charge in [-0.25, -0.2) is 4.99 Å². The number of fused-ring (bicyclic) bond motifs is 4. The summed E-state index contributed by atoms with van der Waals surface area (Å²) >= 11 is 6.13. The van der Waals surface area contributed by atoms with Crippen LogP contribution in [0.3, 0.4) is 0 Å². The topological polar surface area (TPSA) is 90.0 Å². The maximum atomic E-state index is 10.4. The van der Waals surface area contributed by atoms with Gasteiger partial charge in [-0.2, -0.15) is 0 Å². The number of ether oxygens (including phenoxy) is 2. The van der Waals surface area contributed by atoms with Gasteiger partial charge in [0, 0.05) is 29.4 Å². The van der Waals surface area contributed by atoms with E-state index in [9.17, 15) is 5.11 Å². The summed E-state index contributed by atoms with van der Waals surface area (Å²) in [5, 5.41) is 11.0. The summed E-state index contributed by atoms with van der Waals surface area (Å²) in [6.45, 7) is 2.45. The molecular formula is C21H22ClN3O3. The van der Waals surface area contributed by atoms with E-state index >= 15 is 0 Å². The van der Waals surface area contributed by atoms with Gasteiger partial charge in [-0.15, -0.1) is 0 Å². The van der Waals surface area contributed by atoms with Crippen molar-refractivity contribution in [1.82, 2.24) is 4.98 Å². The molecule has 1 aromatic carbocycles. The Morgan fingerprint density at radius 1 is 1.25 bits per heavy atom. The molecule has 7 heteroatoms. The average Bonchev–Trinajstić information content (AvgIpc) is 3.06. The Morgan fingerprint density at radius 3 is 2.86 bits per heavy atom. The van der Waals surface area contributed by atoms with Gasteiger partial charge in [0.05, 0.1) is 11.1 Å². The quantitative estimate of drug-likeness (QED) is 0.768. The summed E-state index contributed by atoms with van der Waals surface area (Å²) in [6, 6.07) is 8.11. The van der Waals surface area contributed by atoms with Crippen LogP contribution in [0.5, 0.6) is 5.75 Å². The van der Waals surface area contributed by atoms with Crippen LogP contribution in [0, 0.1) is 5.92 Å². The fourth-order valence-electron chi connectivity index (χ4n) is 5.00. The number of aromatic nitrogens is 1. The zero-order chi connectivity index (χ0) is 19.5. The normalized spacial score (nSPS) is 33.5. The lowest BCUT2D eigenvalue weighted by atomic mass is 9.62. The van der Waals surface area contributed by atoms with Gasteiger partial charge in [-0.05, 0) is 49.9 Å². The predicted molar refractivity (Wildman–Crippen MR) is 106 cm³/mol. The van der Waals surface area contributed by atoms with Gasteiger partial charge in [0.1, 0.15) is 23.5 Å². The number of amidine groups is 1. The maximum Gasteiger partial charge on any atom is 0.283 e. The third-order valence-electron chi connectivity index (χ3n) is 6.37. The smallest absolute Gasteiger partial charge is 0.283 e. The van der Waals surface area contributed by atoms with Gasteiger partial charge in [-0.1, -0.05) is 17.7 Å². The minimum Gasteiger partial charge on any atom is -0.487 e. The van der Waals surface area contributed by atoms with E-state index in [1.165, 1.54) is 0 Å². The molecule has 1 aromatic heterocycles. The second kappa shape index (κ2) is 6.09. The van der Waals surface area contributed by atoms with Crippen molar-refractivity contribution < 1.29 is 14.6 Å². The Hall–Kier alpha value is -2.31. The van der Waals surface area contributed by atoms with Gasteiger partial charge in [-0.3, -0.25) is 4.98 Å². The first-order chi connectivity index (χ1) is 13.4. The summed E-state index contributed by atoms with van der Waals surface area (Å²) in [6.07, 6.45) is 5.08. The number of pyridine rings is 1. The van der Waals surface area contributed by atoms with Crippen LogP contribution in [-0.2, 0) is 10.3 Å². The summed E-state index contributed by atoms with van der Waals surface area (Å²) in [4.78, 5) is 8.97. The van der Waals surface area contributed by atoms with Crippen molar-refractivity contribution in [3.05, 3.63) is 47.2 Å². The number of hydrogen-bond donors (Lipinski definition) is 2. The van der Waals surface area contributed by atoms with Crippen LogP contribution in [0.25, 0.3) is 11.1 Å². The van der Waals surface area contributed by atoms with E-state index in [1.54, 1.807) is 12.4 Å². The van der Waals surface area contributed by atoms with Gasteiger partial charge in [0.15, 0.2) is 0 Å². The SMILES string of the molecule is C[C@@]12CCC(O)CC1C1(COC(N)=N1)c1cc(-c3cncc(Cl)c3)ccc1O2. The number of aliphatic hydroxyl groups is 1. The Morgan fingerprint density at radius 2 is 2.11 bits per heavy atom. The third-order valence-corrected chi connectivity index (χ3v) is 6.58. The van der Waals surface area contributed by atoms with E-state index in [2.05, 4.69) is 18.0 Å². The Labute approximate surface area is 168 Å². The molecule has 0 bridgehead atoms. The first kappa shape index (κ1) is 17.8. The van der Waals surface area contributed by atoms with Crippen molar-refractivity contribution in [3.8, 4) is 16.9 Å². The lowest BCUT2D eigenvalue weighted by Gasteiger charge is -2.53. The molecule has 28 heavy (non-hydrogen) atoms. The lowest BCUT2D eigenvalue weighted by molar-refractivity contribution is -0.0988. The molecule has 146 valence electrons. The van der Waals surface area contributed by atoms with Crippen molar-refractivity contribution in [3.63, 3.8) is 0 Å². The molecule has 3 unspecified atom stereocenters. The summed E-state index contributed by atoms with van der Waals surface area (Å²) in [5.41, 5.74) is 7.68. The number of aliphatic hydroxyl groups excluding tert-OH is 1. The molecule has 1 spiro atoms. The molecule has 2 aliphatic heterocycles. The summed E-state index contributed by atoms with van der Waals surface area (Å²) in [5.74, 6) is 0.751. The molecule has 0 amide bonds. The van der Waals surface area contributed by atoms with Crippen LogP contribution in [0.1, 0.15) is 31.7 Å². The monoisotopic (exact) mass is 399 g/mol. The second-order valence-corrected chi connectivity index (χ2v) is 8.60. The van der Waals surface area contributed by atoms with Gasteiger partial charge < -0.3 is 20.3 Å². The standard InChI is InChI=1S/C21H22ClN3O3/c1-20-5-4-15(26)8-18(20)21(11-27-19(23)25-21)16-7-12(2-3-17(16)28-20)13-6-14(22)10-24-9-13/h2-3,6-7,9-10,15,18,26H,4-5,8,11H2,1H3,(H2,23,25)/t15?,18?,20-,21?/m1/s1. The first-order valence-electron chi connectivity index (χ1n) is 9.50. The highest BCUT2D eigenvalue weighted by atomic mass is 35.5. The van der Waals surface area contributed by atoms with Gasteiger partial charge in [0.25, 0.3) is 6.02 Å². The zero-order valence-corrected chi connectivity index (χ0v) is 16.3. The van der Waals surface area contributed by atoms with Crippen molar-refractivity contribution in [2.24, 2.45) is 16.6 Å². The number of aliphatic imine (C=N–C) groups is 1. The molecule has 0 saturated heterocycles. The van der Waals surface area contributed by atoms with E-state index in [0.29, 0.717) is 24.5 Å². The van der Waals surface area contributed by atoms with Crippen LogP contribution in [0.15, 0.2) is 41.7 Å². The predicted octanol–water partition coefficient (Wildman–Crippen LogP) is 3.25. The third kappa shape index (κ3) is 2.58. The number of halogens is 1. The summed E-state index contributed by atoms with van der Waals surface area (Å²) < 4.78 is 12.1. The maximum absolute atomic E-state index is 10.4. The fourth-order valence-corrected chi connectivity index (χ4v) is 5.17. The minimum absolute atomic E-state index is 0.0370. The van der Waals surface area contributed by atoms with E-state index in [4.69, 9.17) is 31.8 Å². The molecule has 3 aliphatic rings. The lowest BCUT2D eigenvalue weighted by Crippen LogP contribution is -2.58. The van der Waals surface area contributed by atoms with Crippen molar-refractivity contribution in [2.75, 3.05) is 6.61 Å². The van der Waals surface area contributed by atoms with Gasteiger partial charge >= 0.3 is 0 Å². The van der Waals surface area contributed by atoms with E-state index < -0.39 is 11.1 Å². The van der Waals surface area contributed by atoms with Crippen LogP contribution in [0.2, 0.25) is 5.02 Å². The Bertz CT molecular complexity index is 981. The van der Waals surface area contributed by atoms with Crippen molar-refractivity contribution in [2.45, 2.75) is 43.4 Å². The fraction of sp³-hybridized carbons (Fsp3) is 0.429. The number of benzene rings is 1. The number of nitrogens with two attached hydrogens (primary N) is 1. The second-order valence-electron chi connectivity index (χ2n) is 8.16. The van der Waals surface area contributed by atoms with Crippen LogP contribution in [0.4, 0.5) is 0 Å². The average molecular weight is 400 g/mol. The molecule has 1 saturated carbocycles. The van der Waals surface area contributed by atoms with E-state index in [1.807, 2.05) is 18.2 Å². The number of rotatable bonds is 1. The molecule has 3 N–H and O–H groups in total. The van der Waals surface area contributed by atoms with Crippen LogP contribution < -0.4 is 10.5 Å². The number of nitrogens with zero attached hydrogens (tertiary/aromatic N) is 2. The molecule has 5 rings (SSSR count). The van der Waals surface area contributed by atoms with E-state index in [0.717, 1.165) is 28.9 Å². The van der Waals surface area contributed by atoms with Crippen LogP contribution in [-0.4, -0.2) is 34.4 Å². The Balaban J connectivity index is 1.69. The molecule has 4 atom stereocenters. The van der Waals surface area contributed by atoms with Gasteiger partial charge in [0.2, 0.25) is 0 Å². The van der Waals surface area contributed by atoms with Crippen molar-refractivity contribution >= 4 is 17.6 Å². The summed E-state index contributed by atoms with van der Waals surface area (Å²) in [7, 11) is 0. The van der Waals surface area contributed by atoms with Crippen LogP contribution >= 0.6 is 11.6 Å². The molecule has 3 heterocycles. The zero-order valence-electron chi connectivity index (χ0n) is 15.6. The molecule has 1 fully saturated rings.